The molecule has 116 valence electrons. The molecule has 0 radical (unpaired) electrons. The van der Waals surface area contributed by atoms with Gasteiger partial charge in [-0.2, -0.15) is 0 Å². The fourth-order valence-electron chi connectivity index (χ4n) is 2.29. The standard InChI is InChI=1S/C17H20N2O3/c1-17(2,20)13-18(12-14-6-4-3-5-7-14)15-8-10-16(11-9-15)19(21)22/h3-11,20H,12-13H2,1-2H3. The van der Waals surface area contributed by atoms with Crippen molar-refractivity contribution in [3.63, 3.8) is 0 Å². The van der Waals surface area contributed by atoms with Crippen LogP contribution in [0.15, 0.2) is 54.6 Å². The van der Waals surface area contributed by atoms with Gasteiger partial charge in [0, 0.05) is 30.9 Å². The van der Waals surface area contributed by atoms with Gasteiger partial charge in [0.05, 0.1) is 10.5 Å². The molecule has 0 aliphatic heterocycles. The third-order valence-electron chi connectivity index (χ3n) is 3.22. The smallest absolute Gasteiger partial charge is 0.269 e. The molecule has 2 aromatic rings. The van der Waals surface area contributed by atoms with E-state index in [-0.39, 0.29) is 5.69 Å². The molecule has 0 bridgehead atoms. The molecule has 5 nitrogen and oxygen atoms in total. The third-order valence-corrected chi connectivity index (χ3v) is 3.22. The van der Waals surface area contributed by atoms with Crippen LogP contribution in [-0.2, 0) is 6.54 Å². The molecule has 0 atom stereocenters. The van der Waals surface area contributed by atoms with Crippen molar-refractivity contribution in [2.75, 3.05) is 11.4 Å². The first-order chi connectivity index (χ1) is 10.3. The lowest BCUT2D eigenvalue weighted by atomic mass is 10.1. The van der Waals surface area contributed by atoms with E-state index < -0.39 is 10.5 Å². The molecule has 0 amide bonds. The lowest BCUT2D eigenvalue weighted by Crippen LogP contribution is -2.38. The Labute approximate surface area is 130 Å². The van der Waals surface area contributed by atoms with Crippen LogP contribution in [0.1, 0.15) is 19.4 Å². The summed E-state index contributed by atoms with van der Waals surface area (Å²) < 4.78 is 0. The van der Waals surface area contributed by atoms with Gasteiger partial charge >= 0.3 is 0 Å². The zero-order valence-corrected chi connectivity index (χ0v) is 12.8. The third kappa shape index (κ3) is 4.56. The van der Waals surface area contributed by atoms with Crippen molar-refractivity contribution in [3.8, 4) is 0 Å². The lowest BCUT2D eigenvalue weighted by molar-refractivity contribution is -0.384. The van der Waals surface area contributed by atoms with Gasteiger partial charge in [-0.1, -0.05) is 30.3 Å². The second-order valence-corrected chi connectivity index (χ2v) is 5.93. The number of hydrogen-bond donors (Lipinski definition) is 1. The first kappa shape index (κ1) is 16.0. The molecule has 2 rings (SSSR count). The number of rotatable bonds is 6. The molecule has 22 heavy (non-hydrogen) atoms. The molecule has 0 spiro atoms. The SMILES string of the molecule is CC(C)(O)CN(Cc1ccccc1)c1ccc([N+](=O)[O-])cc1. The number of nitro benzene ring substituents is 1. The Balaban J connectivity index is 2.25. The van der Waals surface area contributed by atoms with Crippen LogP contribution in [0.4, 0.5) is 11.4 Å². The second-order valence-electron chi connectivity index (χ2n) is 5.93. The number of nitrogens with zero attached hydrogens (tertiary/aromatic N) is 2. The minimum atomic E-state index is -0.865. The summed E-state index contributed by atoms with van der Waals surface area (Å²) in [6, 6.07) is 16.3. The summed E-state index contributed by atoms with van der Waals surface area (Å²) in [4.78, 5) is 12.4. The Morgan fingerprint density at radius 1 is 1.09 bits per heavy atom. The molecule has 0 aliphatic carbocycles. The molecule has 0 aromatic heterocycles. The zero-order valence-electron chi connectivity index (χ0n) is 12.8. The maximum absolute atomic E-state index is 10.8. The van der Waals surface area contributed by atoms with Crippen LogP contribution in [-0.4, -0.2) is 22.2 Å². The summed E-state index contributed by atoms with van der Waals surface area (Å²) >= 11 is 0. The van der Waals surface area contributed by atoms with E-state index >= 15 is 0 Å². The van der Waals surface area contributed by atoms with Crippen molar-refractivity contribution in [2.45, 2.75) is 26.0 Å². The summed E-state index contributed by atoms with van der Waals surface area (Å²) in [5.74, 6) is 0. The van der Waals surface area contributed by atoms with Gasteiger partial charge in [0.25, 0.3) is 5.69 Å². The molecule has 0 saturated carbocycles. The van der Waals surface area contributed by atoms with Crippen LogP contribution >= 0.6 is 0 Å². The van der Waals surface area contributed by atoms with Crippen molar-refractivity contribution in [1.29, 1.82) is 0 Å². The minimum absolute atomic E-state index is 0.0617. The van der Waals surface area contributed by atoms with E-state index in [0.717, 1.165) is 11.3 Å². The first-order valence-electron chi connectivity index (χ1n) is 7.11. The van der Waals surface area contributed by atoms with Crippen molar-refractivity contribution >= 4 is 11.4 Å². The fourth-order valence-corrected chi connectivity index (χ4v) is 2.29. The highest BCUT2D eigenvalue weighted by atomic mass is 16.6. The predicted octanol–water partition coefficient (Wildman–Crippen LogP) is 3.37. The number of aliphatic hydroxyl groups is 1. The number of hydrogen-bond acceptors (Lipinski definition) is 4. The van der Waals surface area contributed by atoms with Gasteiger partial charge in [-0.15, -0.1) is 0 Å². The summed E-state index contributed by atoms with van der Waals surface area (Å²) in [7, 11) is 0. The van der Waals surface area contributed by atoms with Gasteiger partial charge < -0.3 is 10.0 Å². The van der Waals surface area contributed by atoms with E-state index in [4.69, 9.17) is 0 Å². The molecular formula is C17H20N2O3. The van der Waals surface area contributed by atoms with Crippen LogP contribution < -0.4 is 4.90 Å². The Morgan fingerprint density at radius 3 is 2.18 bits per heavy atom. The van der Waals surface area contributed by atoms with E-state index in [1.54, 1.807) is 26.0 Å². The second kappa shape index (κ2) is 6.58. The lowest BCUT2D eigenvalue weighted by Gasteiger charge is -2.31. The van der Waals surface area contributed by atoms with E-state index in [0.29, 0.717) is 13.1 Å². The summed E-state index contributed by atoms with van der Waals surface area (Å²) in [5, 5.41) is 20.9. The van der Waals surface area contributed by atoms with Crippen molar-refractivity contribution in [2.24, 2.45) is 0 Å². The number of anilines is 1. The minimum Gasteiger partial charge on any atom is -0.389 e. The Kier molecular flexibility index (Phi) is 4.78. The molecular weight excluding hydrogens is 280 g/mol. The average Bonchev–Trinajstić information content (AvgIpc) is 2.46. The highest BCUT2D eigenvalue weighted by molar-refractivity contribution is 5.51. The number of benzene rings is 2. The van der Waals surface area contributed by atoms with Crippen molar-refractivity contribution in [1.82, 2.24) is 0 Å². The normalized spacial score (nSPS) is 11.2. The predicted molar refractivity (Wildman–Crippen MR) is 86.9 cm³/mol. The van der Waals surface area contributed by atoms with Crippen molar-refractivity contribution in [3.05, 3.63) is 70.3 Å². The molecule has 0 aliphatic rings. The van der Waals surface area contributed by atoms with Crippen LogP contribution in [0, 0.1) is 10.1 Å². The average molecular weight is 300 g/mol. The Hall–Kier alpha value is -2.40. The summed E-state index contributed by atoms with van der Waals surface area (Å²) in [6.07, 6.45) is 0. The van der Waals surface area contributed by atoms with E-state index in [1.807, 2.05) is 35.2 Å². The van der Waals surface area contributed by atoms with Gasteiger partial charge in [0.2, 0.25) is 0 Å². The van der Waals surface area contributed by atoms with Gasteiger partial charge in [0.1, 0.15) is 0 Å². The van der Waals surface area contributed by atoms with Crippen LogP contribution in [0.25, 0.3) is 0 Å². The van der Waals surface area contributed by atoms with E-state index in [1.165, 1.54) is 12.1 Å². The van der Waals surface area contributed by atoms with Crippen LogP contribution in [0.2, 0.25) is 0 Å². The first-order valence-corrected chi connectivity index (χ1v) is 7.11. The molecule has 0 unspecified atom stereocenters. The highest BCUT2D eigenvalue weighted by Gasteiger charge is 2.19. The number of non-ortho nitro benzene ring substituents is 1. The molecule has 5 heteroatoms. The maximum atomic E-state index is 10.8. The van der Waals surface area contributed by atoms with Gasteiger partial charge in [0.15, 0.2) is 0 Å². The quantitative estimate of drug-likeness (QED) is 0.656. The molecule has 0 fully saturated rings. The van der Waals surface area contributed by atoms with Crippen LogP contribution in [0.5, 0.6) is 0 Å². The Bertz CT molecular complexity index is 619. The monoisotopic (exact) mass is 300 g/mol. The molecule has 1 N–H and O–H groups in total. The molecule has 0 saturated heterocycles. The topological polar surface area (TPSA) is 66.6 Å². The maximum Gasteiger partial charge on any atom is 0.269 e. The van der Waals surface area contributed by atoms with E-state index in [9.17, 15) is 15.2 Å². The zero-order chi connectivity index (χ0) is 16.2. The van der Waals surface area contributed by atoms with E-state index in [2.05, 4.69) is 0 Å². The van der Waals surface area contributed by atoms with Gasteiger partial charge in [-0.05, 0) is 31.5 Å². The largest absolute Gasteiger partial charge is 0.389 e. The van der Waals surface area contributed by atoms with Gasteiger partial charge in [-0.3, -0.25) is 10.1 Å². The molecule has 2 aromatic carbocycles. The molecule has 0 heterocycles. The van der Waals surface area contributed by atoms with Crippen LogP contribution in [0.3, 0.4) is 0 Å². The van der Waals surface area contributed by atoms with Crippen molar-refractivity contribution < 1.29 is 10.0 Å². The fraction of sp³-hybridized carbons (Fsp3) is 0.294. The highest BCUT2D eigenvalue weighted by Crippen LogP contribution is 2.23. The summed E-state index contributed by atoms with van der Waals surface area (Å²) in [6.45, 7) is 4.55. The summed E-state index contributed by atoms with van der Waals surface area (Å²) in [5.41, 5.74) is 1.16. The Morgan fingerprint density at radius 2 is 1.68 bits per heavy atom. The van der Waals surface area contributed by atoms with Gasteiger partial charge in [-0.25, -0.2) is 0 Å². The number of nitro groups is 1.